The van der Waals surface area contributed by atoms with Gasteiger partial charge in [0.2, 0.25) is 5.95 Å². The Bertz CT molecular complexity index is 301. The molecule has 70 valence electrons. The minimum Gasteiger partial charge on any atom is -0.461 e. The number of rotatable bonds is 3. The lowest BCUT2D eigenvalue weighted by atomic mass is 10.4. The third kappa shape index (κ3) is 2.40. The summed E-state index contributed by atoms with van der Waals surface area (Å²) in [5, 5.41) is 2.73. The molecule has 5 heteroatoms. The molecule has 1 rings (SSSR count). The van der Waals surface area contributed by atoms with Crippen LogP contribution in [-0.2, 0) is 4.74 Å². The minimum absolute atomic E-state index is 0.265. The maximum atomic E-state index is 11.2. The molecule has 13 heavy (non-hydrogen) atoms. The van der Waals surface area contributed by atoms with E-state index in [4.69, 9.17) is 4.74 Å². The molecule has 0 spiro atoms. The first-order valence-corrected chi connectivity index (χ1v) is 3.96. The van der Waals surface area contributed by atoms with Crippen LogP contribution in [-0.4, -0.2) is 29.6 Å². The first kappa shape index (κ1) is 9.44. The molecule has 0 atom stereocenters. The molecule has 0 unspecified atom stereocenters. The first-order valence-electron chi connectivity index (χ1n) is 3.96. The van der Waals surface area contributed by atoms with E-state index in [0.717, 1.165) is 0 Å². The van der Waals surface area contributed by atoms with Gasteiger partial charge in [-0.25, -0.2) is 14.8 Å². The van der Waals surface area contributed by atoms with E-state index >= 15 is 0 Å². The summed E-state index contributed by atoms with van der Waals surface area (Å²) in [7, 11) is 1.68. The summed E-state index contributed by atoms with van der Waals surface area (Å²) in [6, 6.07) is 1.51. The smallest absolute Gasteiger partial charge is 0.357 e. The van der Waals surface area contributed by atoms with Gasteiger partial charge in [0.05, 0.1) is 6.61 Å². The summed E-state index contributed by atoms with van der Waals surface area (Å²) in [5.41, 5.74) is 0.265. The number of carbonyl (C=O) groups is 1. The van der Waals surface area contributed by atoms with Crippen molar-refractivity contribution < 1.29 is 9.53 Å². The fraction of sp³-hybridized carbons (Fsp3) is 0.375. The van der Waals surface area contributed by atoms with E-state index in [1.165, 1.54) is 12.3 Å². The average Bonchev–Trinajstić information content (AvgIpc) is 2.18. The van der Waals surface area contributed by atoms with Crippen molar-refractivity contribution in [2.24, 2.45) is 0 Å². The highest BCUT2D eigenvalue weighted by atomic mass is 16.5. The molecule has 0 amide bonds. The summed E-state index contributed by atoms with van der Waals surface area (Å²) in [5.74, 6) is -0.0213. The third-order valence-electron chi connectivity index (χ3n) is 1.36. The molecular formula is C8H11N3O2. The molecule has 0 aliphatic rings. The van der Waals surface area contributed by atoms with Crippen LogP contribution in [0.3, 0.4) is 0 Å². The third-order valence-corrected chi connectivity index (χ3v) is 1.36. The van der Waals surface area contributed by atoms with Crippen molar-refractivity contribution >= 4 is 11.9 Å². The minimum atomic E-state index is -0.429. The molecule has 0 fully saturated rings. The van der Waals surface area contributed by atoms with Gasteiger partial charge in [-0.15, -0.1) is 0 Å². The number of esters is 1. The van der Waals surface area contributed by atoms with E-state index in [-0.39, 0.29) is 5.69 Å². The lowest BCUT2D eigenvalue weighted by Gasteiger charge is -2.01. The summed E-state index contributed by atoms with van der Waals surface area (Å²) >= 11 is 0. The molecule has 5 nitrogen and oxygen atoms in total. The van der Waals surface area contributed by atoms with Gasteiger partial charge >= 0.3 is 5.97 Å². The van der Waals surface area contributed by atoms with E-state index in [1.807, 2.05) is 0 Å². The van der Waals surface area contributed by atoms with Crippen LogP contribution in [0.15, 0.2) is 12.3 Å². The second-order valence-electron chi connectivity index (χ2n) is 2.24. The van der Waals surface area contributed by atoms with Crippen molar-refractivity contribution in [1.82, 2.24) is 9.97 Å². The Morgan fingerprint density at radius 3 is 3.08 bits per heavy atom. The van der Waals surface area contributed by atoms with Crippen molar-refractivity contribution in [3.63, 3.8) is 0 Å². The van der Waals surface area contributed by atoms with E-state index < -0.39 is 5.97 Å². The maximum absolute atomic E-state index is 11.2. The van der Waals surface area contributed by atoms with E-state index in [1.54, 1.807) is 14.0 Å². The van der Waals surface area contributed by atoms with Gasteiger partial charge < -0.3 is 10.1 Å². The van der Waals surface area contributed by atoms with Crippen LogP contribution in [0.5, 0.6) is 0 Å². The zero-order chi connectivity index (χ0) is 9.68. The predicted molar refractivity (Wildman–Crippen MR) is 47.5 cm³/mol. The Labute approximate surface area is 76.2 Å². The van der Waals surface area contributed by atoms with Crippen LogP contribution in [0.4, 0.5) is 5.95 Å². The van der Waals surface area contributed by atoms with Crippen LogP contribution in [0.25, 0.3) is 0 Å². The summed E-state index contributed by atoms with van der Waals surface area (Å²) in [6.07, 6.45) is 1.51. The number of hydrogen-bond donors (Lipinski definition) is 1. The number of carbonyl (C=O) groups excluding carboxylic acids is 1. The molecule has 0 saturated heterocycles. The Hall–Kier alpha value is -1.65. The predicted octanol–water partition coefficient (Wildman–Crippen LogP) is 0.695. The van der Waals surface area contributed by atoms with Gasteiger partial charge in [-0.1, -0.05) is 0 Å². The van der Waals surface area contributed by atoms with Crippen molar-refractivity contribution in [2.75, 3.05) is 19.0 Å². The zero-order valence-corrected chi connectivity index (χ0v) is 7.57. The number of nitrogens with one attached hydrogen (secondary N) is 1. The molecule has 0 bridgehead atoms. The first-order chi connectivity index (χ1) is 6.27. The van der Waals surface area contributed by atoms with Crippen LogP contribution in [0, 0.1) is 0 Å². The fourth-order valence-electron chi connectivity index (χ4n) is 0.798. The number of anilines is 1. The number of nitrogens with zero attached hydrogens (tertiary/aromatic N) is 2. The van der Waals surface area contributed by atoms with Gasteiger partial charge in [-0.05, 0) is 13.0 Å². The number of aromatic nitrogens is 2. The standard InChI is InChI=1S/C8H11N3O2/c1-3-13-7(12)6-4-5-10-8(9-2)11-6/h4-5H,3H2,1-2H3,(H,9,10,11). The lowest BCUT2D eigenvalue weighted by Crippen LogP contribution is -2.08. The summed E-state index contributed by atoms with van der Waals surface area (Å²) in [4.78, 5) is 19.0. The van der Waals surface area contributed by atoms with E-state index in [0.29, 0.717) is 12.6 Å². The molecule has 0 aliphatic carbocycles. The largest absolute Gasteiger partial charge is 0.461 e. The fourth-order valence-corrected chi connectivity index (χ4v) is 0.798. The molecule has 0 aromatic carbocycles. The Morgan fingerprint density at radius 2 is 2.46 bits per heavy atom. The van der Waals surface area contributed by atoms with Gasteiger partial charge in [-0.3, -0.25) is 0 Å². The second kappa shape index (κ2) is 4.39. The van der Waals surface area contributed by atoms with Gasteiger partial charge in [0.1, 0.15) is 0 Å². The number of ether oxygens (including phenoxy) is 1. The molecule has 0 saturated carbocycles. The highest BCUT2D eigenvalue weighted by molar-refractivity contribution is 5.87. The van der Waals surface area contributed by atoms with Crippen molar-refractivity contribution in [2.45, 2.75) is 6.92 Å². The van der Waals surface area contributed by atoms with Gasteiger partial charge in [0.15, 0.2) is 5.69 Å². The highest BCUT2D eigenvalue weighted by Gasteiger charge is 2.08. The highest BCUT2D eigenvalue weighted by Crippen LogP contribution is 2.00. The molecule has 1 aromatic rings. The summed E-state index contributed by atoms with van der Waals surface area (Å²) < 4.78 is 4.77. The SMILES string of the molecule is CCOC(=O)c1ccnc(NC)n1. The Kier molecular flexibility index (Phi) is 3.19. The Morgan fingerprint density at radius 1 is 1.69 bits per heavy atom. The van der Waals surface area contributed by atoms with Crippen molar-refractivity contribution in [1.29, 1.82) is 0 Å². The van der Waals surface area contributed by atoms with Crippen LogP contribution in [0.2, 0.25) is 0 Å². The topological polar surface area (TPSA) is 64.1 Å². The maximum Gasteiger partial charge on any atom is 0.357 e. The van der Waals surface area contributed by atoms with Crippen LogP contribution >= 0.6 is 0 Å². The van der Waals surface area contributed by atoms with Gasteiger partial charge in [0.25, 0.3) is 0 Å². The number of hydrogen-bond acceptors (Lipinski definition) is 5. The molecule has 1 N–H and O–H groups in total. The monoisotopic (exact) mass is 181 g/mol. The second-order valence-corrected chi connectivity index (χ2v) is 2.24. The summed E-state index contributed by atoms with van der Waals surface area (Å²) in [6.45, 7) is 2.09. The lowest BCUT2D eigenvalue weighted by molar-refractivity contribution is 0.0519. The van der Waals surface area contributed by atoms with Crippen molar-refractivity contribution in [3.05, 3.63) is 18.0 Å². The van der Waals surface area contributed by atoms with Gasteiger partial charge in [-0.2, -0.15) is 0 Å². The van der Waals surface area contributed by atoms with Crippen molar-refractivity contribution in [3.8, 4) is 0 Å². The van der Waals surface area contributed by atoms with E-state index in [9.17, 15) is 4.79 Å². The average molecular weight is 181 g/mol. The van der Waals surface area contributed by atoms with Gasteiger partial charge in [0, 0.05) is 13.2 Å². The molecule has 0 radical (unpaired) electrons. The molecule has 1 aromatic heterocycles. The van der Waals surface area contributed by atoms with E-state index in [2.05, 4.69) is 15.3 Å². The van der Waals surface area contributed by atoms with Crippen LogP contribution < -0.4 is 5.32 Å². The Balaban J connectivity index is 2.82. The quantitative estimate of drug-likeness (QED) is 0.695. The normalized spacial score (nSPS) is 9.38. The molecule has 1 heterocycles. The molecule has 0 aliphatic heterocycles. The molecular weight excluding hydrogens is 170 g/mol. The van der Waals surface area contributed by atoms with Crippen LogP contribution in [0.1, 0.15) is 17.4 Å². The zero-order valence-electron chi connectivity index (χ0n) is 7.57.